The van der Waals surface area contributed by atoms with Crippen molar-refractivity contribution in [2.45, 2.75) is 19.4 Å². The van der Waals surface area contributed by atoms with Crippen molar-refractivity contribution in [3.05, 3.63) is 34.3 Å². The second kappa shape index (κ2) is 6.39. The van der Waals surface area contributed by atoms with Gasteiger partial charge in [0.05, 0.1) is 19.6 Å². The van der Waals surface area contributed by atoms with Crippen LogP contribution in [0, 0.1) is 0 Å². The molecule has 0 saturated heterocycles. The van der Waals surface area contributed by atoms with Crippen molar-refractivity contribution in [3.63, 3.8) is 0 Å². The molecule has 1 aromatic carbocycles. The predicted molar refractivity (Wildman–Crippen MR) is 67.3 cm³/mol. The number of methoxy groups -OCH3 is 1. The van der Waals surface area contributed by atoms with E-state index in [1.54, 1.807) is 0 Å². The molecule has 0 unspecified atom stereocenters. The fourth-order valence-corrected chi connectivity index (χ4v) is 1.71. The number of hydrogen-bond donors (Lipinski definition) is 1. The molecule has 1 aromatic rings. The molecule has 5 heteroatoms. The van der Waals surface area contributed by atoms with E-state index in [1.165, 1.54) is 14.0 Å². The topological polar surface area (TPSA) is 55.4 Å². The lowest BCUT2D eigenvalue weighted by molar-refractivity contribution is -0.141. The molecule has 17 heavy (non-hydrogen) atoms. The number of hydrogen-bond acceptors (Lipinski definition) is 3. The second-order valence-corrected chi connectivity index (χ2v) is 4.50. The minimum absolute atomic E-state index is 0.123. The lowest BCUT2D eigenvalue weighted by Crippen LogP contribution is -2.28. The van der Waals surface area contributed by atoms with Crippen molar-refractivity contribution in [1.82, 2.24) is 5.32 Å². The zero-order chi connectivity index (χ0) is 12.8. The molecule has 0 spiro atoms. The van der Waals surface area contributed by atoms with Gasteiger partial charge in [-0.05, 0) is 17.7 Å². The Morgan fingerprint density at radius 2 is 1.94 bits per heavy atom. The molecule has 1 N–H and O–H groups in total. The molecule has 0 saturated carbocycles. The summed E-state index contributed by atoms with van der Waals surface area (Å²) in [6.45, 7) is 1.42. The lowest BCUT2D eigenvalue weighted by Gasteiger charge is -2.17. The molecule has 0 heterocycles. The molecule has 0 bridgehead atoms. The van der Waals surface area contributed by atoms with Gasteiger partial charge in [-0.2, -0.15) is 0 Å². The smallest absolute Gasteiger partial charge is 0.307 e. The standard InChI is InChI=1S/C12H14BrNO3/c1-8(15)14-11(7-12(16)17-2)9-3-5-10(13)6-4-9/h3-6,11H,7H2,1-2H3,(H,14,15)/t11-/m0/s1. The molecule has 0 fully saturated rings. The van der Waals surface area contributed by atoms with Gasteiger partial charge in [0.25, 0.3) is 0 Å². The lowest BCUT2D eigenvalue weighted by atomic mass is 10.0. The molecule has 0 aliphatic carbocycles. The summed E-state index contributed by atoms with van der Waals surface area (Å²) in [7, 11) is 1.33. The van der Waals surface area contributed by atoms with Crippen molar-refractivity contribution >= 4 is 27.8 Å². The van der Waals surface area contributed by atoms with Gasteiger partial charge in [0.2, 0.25) is 5.91 Å². The highest BCUT2D eigenvalue weighted by molar-refractivity contribution is 9.10. The SMILES string of the molecule is COC(=O)C[C@H](NC(C)=O)c1ccc(Br)cc1. The Morgan fingerprint density at radius 3 is 2.41 bits per heavy atom. The number of ether oxygens (including phenoxy) is 1. The van der Waals surface area contributed by atoms with Crippen molar-refractivity contribution in [1.29, 1.82) is 0 Å². The van der Waals surface area contributed by atoms with E-state index in [1.807, 2.05) is 24.3 Å². The highest BCUT2D eigenvalue weighted by Crippen LogP contribution is 2.20. The number of benzene rings is 1. The van der Waals surface area contributed by atoms with Crippen LogP contribution >= 0.6 is 15.9 Å². The summed E-state index contributed by atoms with van der Waals surface area (Å²) in [6.07, 6.45) is 0.123. The number of esters is 1. The van der Waals surface area contributed by atoms with Crippen molar-refractivity contribution in [2.24, 2.45) is 0 Å². The predicted octanol–water partition coefficient (Wildman–Crippen LogP) is 2.19. The fraction of sp³-hybridized carbons (Fsp3) is 0.333. The summed E-state index contributed by atoms with van der Waals surface area (Å²) < 4.78 is 5.55. The molecule has 0 aliphatic rings. The first-order chi connectivity index (χ1) is 8.02. The molecule has 1 atom stereocenters. The van der Waals surface area contributed by atoms with Crippen molar-refractivity contribution in [2.75, 3.05) is 7.11 Å². The molecule has 0 aromatic heterocycles. The van der Waals surface area contributed by atoms with E-state index in [4.69, 9.17) is 0 Å². The average molecular weight is 300 g/mol. The van der Waals surface area contributed by atoms with Crippen LogP contribution in [0.1, 0.15) is 24.9 Å². The third-order valence-electron chi connectivity index (χ3n) is 2.25. The van der Waals surface area contributed by atoms with E-state index >= 15 is 0 Å². The first-order valence-electron chi connectivity index (χ1n) is 5.12. The van der Waals surface area contributed by atoms with Gasteiger partial charge >= 0.3 is 5.97 Å². The Hall–Kier alpha value is -1.36. The number of nitrogens with one attached hydrogen (secondary N) is 1. The molecular formula is C12H14BrNO3. The van der Waals surface area contributed by atoms with Crippen LogP contribution in [-0.2, 0) is 14.3 Å². The largest absolute Gasteiger partial charge is 0.469 e. The van der Waals surface area contributed by atoms with E-state index in [0.29, 0.717) is 0 Å². The number of halogens is 1. The highest BCUT2D eigenvalue weighted by atomic mass is 79.9. The van der Waals surface area contributed by atoms with E-state index in [2.05, 4.69) is 26.0 Å². The number of amides is 1. The molecule has 92 valence electrons. The summed E-state index contributed by atoms with van der Waals surface area (Å²) in [5, 5.41) is 2.73. The Balaban J connectivity index is 2.85. The van der Waals surface area contributed by atoms with Gasteiger partial charge in [-0.1, -0.05) is 28.1 Å². The third kappa shape index (κ3) is 4.56. The van der Waals surface area contributed by atoms with Crippen LogP contribution in [-0.4, -0.2) is 19.0 Å². The summed E-state index contributed by atoms with van der Waals surface area (Å²) >= 11 is 3.33. The highest BCUT2D eigenvalue weighted by Gasteiger charge is 2.17. The Bertz CT molecular complexity index is 403. The van der Waals surface area contributed by atoms with Crippen LogP contribution in [0.2, 0.25) is 0 Å². The van der Waals surface area contributed by atoms with Gasteiger partial charge in [0, 0.05) is 11.4 Å². The Kier molecular flexibility index (Phi) is 5.15. The minimum Gasteiger partial charge on any atom is -0.469 e. The third-order valence-corrected chi connectivity index (χ3v) is 2.78. The Morgan fingerprint density at radius 1 is 1.35 bits per heavy atom. The van der Waals surface area contributed by atoms with Crippen molar-refractivity contribution in [3.8, 4) is 0 Å². The van der Waals surface area contributed by atoms with Gasteiger partial charge in [0.1, 0.15) is 0 Å². The molecule has 0 aliphatic heterocycles. The van der Waals surface area contributed by atoms with E-state index in [0.717, 1.165) is 10.0 Å². The van der Waals surface area contributed by atoms with Crippen LogP contribution in [0.4, 0.5) is 0 Å². The maximum absolute atomic E-state index is 11.3. The zero-order valence-corrected chi connectivity index (χ0v) is 11.3. The van der Waals surface area contributed by atoms with Crippen LogP contribution < -0.4 is 5.32 Å². The quantitative estimate of drug-likeness (QED) is 0.867. The minimum atomic E-state index is -0.355. The van der Waals surface area contributed by atoms with E-state index < -0.39 is 0 Å². The van der Waals surface area contributed by atoms with Gasteiger partial charge in [-0.3, -0.25) is 9.59 Å². The summed E-state index contributed by atoms with van der Waals surface area (Å²) in [5.41, 5.74) is 0.869. The number of carbonyl (C=O) groups excluding carboxylic acids is 2. The Labute approximate surface area is 108 Å². The first kappa shape index (κ1) is 13.7. The second-order valence-electron chi connectivity index (χ2n) is 3.58. The number of rotatable bonds is 4. The molecular weight excluding hydrogens is 286 g/mol. The van der Waals surface area contributed by atoms with Gasteiger partial charge in [0.15, 0.2) is 0 Å². The fourth-order valence-electron chi connectivity index (χ4n) is 1.44. The number of carbonyl (C=O) groups is 2. The van der Waals surface area contributed by atoms with Gasteiger partial charge in [-0.15, -0.1) is 0 Å². The molecule has 1 rings (SSSR count). The summed E-state index contributed by atoms with van der Waals surface area (Å²) in [5.74, 6) is -0.534. The normalized spacial score (nSPS) is 11.7. The van der Waals surface area contributed by atoms with Crippen molar-refractivity contribution < 1.29 is 14.3 Å². The zero-order valence-electron chi connectivity index (χ0n) is 9.70. The maximum Gasteiger partial charge on any atom is 0.307 e. The van der Waals surface area contributed by atoms with Crippen LogP contribution in [0.25, 0.3) is 0 Å². The molecule has 0 radical (unpaired) electrons. The monoisotopic (exact) mass is 299 g/mol. The van der Waals surface area contributed by atoms with Gasteiger partial charge in [-0.25, -0.2) is 0 Å². The van der Waals surface area contributed by atoms with Crippen LogP contribution in [0.5, 0.6) is 0 Å². The first-order valence-corrected chi connectivity index (χ1v) is 5.91. The molecule has 1 amide bonds. The molecule has 4 nitrogen and oxygen atoms in total. The van der Waals surface area contributed by atoms with Crippen LogP contribution in [0.15, 0.2) is 28.7 Å². The van der Waals surface area contributed by atoms with E-state index in [9.17, 15) is 9.59 Å². The van der Waals surface area contributed by atoms with Gasteiger partial charge < -0.3 is 10.1 Å². The van der Waals surface area contributed by atoms with E-state index in [-0.39, 0.29) is 24.3 Å². The summed E-state index contributed by atoms with van der Waals surface area (Å²) in [6, 6.07) is 7.08. The summed E-state index contributed by atoms with van der Waals surface area (Å²) in [4.78, 5) is 22.4. The average Bonchev–Trinajstić information content (AvgIpc) is 2.28. The maximum atomic E-state index is 11.3. The van der Waals surface area contributed by atoms with Crippen LogP contribution in [0.3, 0.4) is 0 Å².